The van der Waals surface area contributed by atoms with Crippen molar-refractivity contribution in [3.05, 3.63) is 83.9 Å². The van der Waals surface area contributed by atoms with Crippen molar-refractivity contribution in [2.24, 2.45) is 0 Å². The van der Waals surface area contributed by atoms with Crippen molar-refractivity contribution in [3.8, 4) is 22.6 Å². The predicted octanol–water partition coefficient (Wildman–Crippen LogP) is 17.0. The van der Waals surface area contributed by atoms with E-state index in [0.717, 1.165) is 30.6 Å². The van der Waals surface area contributed by atoms with Crippen LogP contribution in [0.3, 0.4) is 0 Å². The highest BCUT2D eigenvalue weighted by Gasteiger charge is 2.13. The number of unbranched alkanes of at least 4 members (excludes halogenated alkanes) is 26. The second-order valence-corrected chi connectivity index (χ2v) is 16.6. The van der Waals surface area contributed by atoms with Crippen LogP contribution in [0.1, 0.15) is 223 Å². The Morgan fingerprint density at radius 3 is 1.25 bits per heavy atom. The van der Waals surface area contributed by atoms with Gasteiger partial charge in [-0.25, -0.2) is 4.79 Å². The summed E-state index contributed by atoms with van der Waals surface area (Å²) in [5.74, 6) is 0.700. The Balaban J connectivity index is 1.23. The molecule has 57 heavy (non-hydrogen) atoms. The smallest absolute Gasteiger partial charge is 0.343 e. The molecule has 0 N–H and O–H groups in total. The molecule has 0 bridgehead atoms. The lowest BCUT2D eigenvalue weighted by atomic mass is 10.0. The number of rotatable bonds is 36. The van der Waals surface area contributed by atoms with Gasteiger partial charge in [0.15, 0.2) is 11.5 Å². The lowest BCUT2D eigenvalue weighted by Gasteiger charge is -2.14. The molecular weight excluding hydrogens is 701 g/mol. The first kappa shape index (κ1) is 48.3. The summed E-state index contributed by atoms with van der Waals surface area (Å²) in [6.07, 6.45) is 38.0. The Bertz CT molecular complexity index is 1380. The Morgan fingerprint density at radius 1 is 0.439 bits per heavy atom. The summed E-state index contributed by atoms with van der Waals surface area (Å²) in [6, 6.07) is 23.7. The van der Waals surface area contributed by atoms with Crippen molar-refractivity contribution >= 4 is 5.97 Å². The monoisotopic (exact) mass is 783 g/mol. The van der Waals surface area contributed by atoms with E-state index in [1.54, 1.807) is 6.07 Å². The van der Waals surface area contributed by atoms with Crippen molar-refractivity contribution < 1.29 is 19.0 Å². The Morgan fingerprint density at radius 2 is 0.807 bits per heavy atom. The molecule has 0 radical (unpaired) electrons. The van der Waals surface area contributed by atoms with Crippen molar-refractivity contribution in [2.75, 3.05) is 13.2 Å². The molecule has 0 spiro atoms. The number of ether oxygens (including phenoxy) is 3. The molecule has 0 saturated carbocycles. The van der Waals surface area contributed by atoms with Gasteiger partial charge in [-0.05, 0) is 60.7 Å². The van der Waals surface area contributed by atoms with E-state index < -0.39 is 0 Å². The van der Waals surface area contributed by atoms with Gasteiger partial charge < -0.3 is 14.2 Å². The van der Waals surface area contributed by atoms with E-state index in [1.165, 1.54) is 173 Å². The number of benzene rings is 3. The number of hydrogen-bond acceptors (Lipinski definition) is 4. The van der Waals surface area contributed by atoms with Gasteiger partial charge in [0.2, 0.25) is 0 Å². The van der Waals surface area contributed by atoms with Gasteiger partial charge in [-0.2, -0.15) is 0 Å². The molecule has 318 valence electrons. The quantitative estimate of drug-likeness (QED) is 0.0335. The molecule has 3 aromatic carbocycles. The summed E-state index contributed by atoms with van der Waals surface area (Å²) < 4.78 is 18.0. The number of para-hydroxylation sites is 2. The zero-order chi connectivity index (χ0) is 40.4. The van der Waals surface area contributed by atoms with Gasteiger partial charge >= 0.3 is 5.97 Å². The van der Waals surface area contributed by atoms with Crippen LogP contribution in [0.25, 0.3) is 11.1 Å². The third kappa shape index (κ3) is 22.6. The van der Waals surface area contributed by atoms with Gasteiger partial charge in [0.25, 0.3) is 0 Å². The highest BCUT2D eigenvalue weighted by Crippen LogP contribution is 2.29. The molecule has 4 nitrogen and oxygen atoms in total. The summed E-state index contributed by atoms with van der Waals surface area (Å²) in [7, 11) is 0. The van der Waals surface area contributed by atoms with E-state index >= 15 is 0 Å². The van der Waals surface area contributed by atoms with Crippen LogP contribution in [0, 0.1) is 0 Å². The molecule has 0 aromatic heterocycles. The lowest BCUT2D eigenvalue weighted by molar-refractivity contribution is 0.0627. The topological polar surface area (TPSA) is 44.8 Å². The number of carbonyl (C=O) groups excluding carboxylic acids is 1. The Hall–Kier alpha value is -3.11. The molecule has 3 aromatic rings. The molecule has 3 rings (SSSR count). The normalized spacial score (nSPS) is 11.8. The van der Waals surface area contributed by atoms with Crippen LogP contribution in [0.5, 0.6) is 11.5 Å². The number of carbonyl (C=O) groups is 1. The summed E-state index contributed by atoms with van der Waals surface area (Å²) in [6.45, 7) is 8.15. The van der Waals surface area contributed by atoms with E-state index in [4.69, 9.17) is 14.2 Å². The van der Waals surface area contributed by atoms with Gasteiger partial charge in [-0.3, -0.25) is 0 Å². The Labute approximate surface area is 350 Å². The number of hydrogen-bond donors (Lipinski definition) is 0. The minimum absolute atomic E-state index is 0.0729. The largest absolute Gasteiger partial charge is 0.490 e. The van der Waals surface area contributed by atoms with Crippen molar-refractivity contribution in [2.45, 2.75) is 207 Å². The van der Waals surface area contributed by atoms with Crippen LogP contribution in [0.15, 0.2) is 72.8 Å². The molecule has 1 unspecified atom stereocenters. The summed E-state index contributed by atoms with van der Waals surface area (Å²) >= 11 is 0. The average molecular weight is 783 g/mol. The van der Waals surface area contributed by atoms with Gasteiger partial charge in [0.05, 0.1) is 18.3 Å². The zero-order valence-electron chi connectivity index (χ0n) is 36.9. The maximum atomic E-state index is 13.1. The highest BCUT2D eigenvalue weighted by atomic mass is 16.6. The van der Waals surface area contributed by atoms with E-state index in [2.05, 4.69) is 45.0 Å². The maximum absolute atomic E-state index is 13.1. The first-order valence-electron chi connectivity index (χ1n) is 23.9. The van der Waals surface area contributed by atoms with Crippen LogP contribution >= 0.6 is 0 Å². The molecule has 1 atom stereocenters. The molecule has 4 heteroatoms. The van der Waals surface area contributed by atoms with Crippen LogP contribution < -0.4 is 9.47 Å². The van der Waals surface area contributed by atoms with E-state index in [0.29, 0.717) is 23.7 Å². The standard InChI is InChI=1S/C53H82O4/c1-4-6-8-10-12-14-16-17-18-19-20-21-22-23-25-26-28-32-44-55-46(3)47-36-38-48(39-37-47)49-40-42-50(43-41-49)53(54)57-52-35-31-30-34-51(52)56-45-33-29-27-24-15-13-11-9-7-5-2/h30-31,34-43,46H,4-29,32-33,44-45H2,1-3H3. The van der Waals surface area contributed by atoms with Crippen molar-refractivity contribution in [3.63, 3.8) is 0 Å². The fourth-order valence-corrected chi connectivity index (χ4v) is 7.69. The molecular formula is C53H82O4. The highest BCUT2D eigenvalue weighted by molar-refractivity contribution is 5.92. The predicted molar refractivity (Wildman–Crippen MR) is 244 cm³/mol. The van der Waals surface area contributed by atoms with E-state index in [-0.39, 0.29) is 12.1 Å². The first-order chi connectivity index (χ1) is 28.1. The fraction of sp³-hybridized carbons (Fsp3) is 0.642. The molecule has 0 aliphatic rings. The van der Waals surface area contributed by atoms with Crippen LogP contribution in [-0.4, -0.2) is 19.2 Å². The summed E-state index contributed by atoms with van der Waals surface area (Å²) in [4.78, 5) is 13.1. The summed E-state index contributed by atoms with van der Waals surface area (Å²) in [5, 5.41) is 0. The van der Waals surface area contributed by atoms with Crippen LogP contribution in [0.2, 0.25) is 0 Å². The molecule has 0 heterocycles. The fourth-order valence-electron chi connectivity index (χ4n) is 7.69. The minimum Gasteiger partial charge on any atom is -0.490 e. The van der Waals surface area contributed by atoms with E-state index in [1.807, 2.05) is 42.5 Å². The van der Waals surface area contributed by atoms with Gasteiger partial charge in [0, 0.05) is 6.61 Å². The zero-order valence-corrected chi connectivity index (χ0v) is 36.9. The Kier molecular flexibility index (Phi) is 27.8. The minimum atomic E-state index is -0.382. The second-order valence-electron chi connectivity index (χ2n) is 16.6. The van der Waals surface area contributed by atoms with Crippen molar-refractivity contribution in [1.29, 1.82) is 0 Å². The second kappa shape index (κ2) is 32.8. The molecule has 0 fully saturated rings. The molecule has 0 aliphatic heterocycles. The van der Waals surface area contributed by atoms with Crippen molar-refractivity contribution in [1.82, 2.24) is 0 Å². The third-order valence-corrected chi connectivity index (χ3v) is 11.5. The third-order valence-electron chi connectivity index (χ3n) is 11.5. The van der Waals surface area contributed by atoms with E-state index in [9.17, 15) is 4.79 Å². The van der Waals surface area contributed by atoms with Gasteiger partial charge in [-0.15, -0.1) is 0 Å². The maximum Gasteiger partial charge on any atom is 0.343 e. The summed E-state index contributed by atoms with van der Waals surface area (Å²) in [5.41, 5.74) is 3.88. The molecule has 0 aliphatic carbocycles. The first-order valence-corrected chi connectivity index (χ1v) is 23.9. The van der Waals surface area contributed by atoms with Crippen LogP contribution in [0.4, 0.5) is 0 Å². The van der Waals surface area contributed by atoms with Gasteiger partial charge in [0.1, 0.15) is 0 Å². The molecule has 0 amide bonds. The van der Waals surface area contributed by atoms with Crippen LogP contribution in [-0.2, 0) is 4.74 Å². The average Bonchev–Trinajstić information content (AvgIpc) is 3.24. The SMILES string of the molecule is CCCCCCCCCCCCCCCCCCCCOC(C)c1ccc(-c2ccc(C(=O)Oc3ccccc3OCCCCCCCCCCCC)cc2)cc1. The van der Waals surface area contributed by atoms with Gasteiger partial charge in [-0.1, -0.05) is 229 Å². The lowest BCUT2D eigenvalue weighted by Crippen LogP contribution is -2.10. The number of esters is 1. The molecule has 0 saturated heterocycles.